The highest BCUT2D eigenvalue weighted by Gasteiger charge is 2.11. The third-order valence-corrected chi connectivity index (χ3v) is 3.19. The fraction of sp³-hybridized carbons (Fsp3) is 0. The lowest BCUT2D eigenvalue weighted by Gasteiger charge is -2.04. The molecular weight excluding hydrogens is 208 g/mol. The molecule has 0 saturated heterocycles. The van der Waals surface area contributed by atoms with E-state index in [0.717, 1.165) is 11.2 Å². The van der Waals surface area contributed by atoms with Crippen molar-refractivity contribution in [3.63, 3.8) is 0 Å². The molecule has 4 rings (SSSR count). The lowest BCUT2D eigenvalue weighted by Crippen LogP contribution is -1.89. The van der Waals surface area contributed by atoms with Gasteiger partial charge in [0.05, 0.1) is 11.2 Å². The molecule has 0 aliphatic carbocycles. The van der Waals surface area contributed by atoms with E-state index in [4.69, 9.17) is 0 Å². The van der Waals surface area contributed by atoms with Crippen molar-refractivity contribution < 1.29 is 0 Å². The van der Waals surface area contributed by atoms with E-state index in [0.29, 0.717) is 0 Å². The van der Waals surface area contributed by atoms with Crippen LogP contribution < -0.4 is 0 Å². The molecule has 1 aromatic carbocycles. The average molecular weight is 218 g/mol. The second kappa shape index (κ2) is 3.08. The first-order chi connectivity index (χ1) is 8.42. The largest absolute Gasteiger partial charge is 0.323 e. The van der Waals surface area contributed by atoms with E-state index < -0.39 is 0 Å². The molecule has 0 radical (unpaired) electrons. The first-order valence-electron chi connectivity index (χ1n) is 5.67. The third kappa shape index (κ3) is 1.18. The Morgan fingerprint density at radius 3 is 2.82 bits per heavy atom. The lowest BCUT2D eigenvalue weighted by atomic mass is 10.1. The summed E-state index contributed by atoms with van der Waals surface area (Å²) in [5, 5.41) is 1.22. The predicted molar refractivity (Wildman–Crippen MR) is 69.3 cm³/mol. The second-order valence-corrected chi connectivity index (χ2v) is 4.23. The highest BCUT2D eigenvalue weighted by atomic mass is 14.9. The summed E-state index contributed by atoms with van der Waals surface area (Å²) >= 11 is 0. The number of fused-ring (bicyclic) bond motifs is 4. The maximum atomic E-state index is 4.65. The molecule has 0 saturated carbocycles. The van der Waals surface area contributed by atoms with Crippen molar-refractivity contribution >= 4 is 16.4 Å². The Morgan fingerprint density at radius 1 is 0.941 bits per heavy atom. The molecule has 2 aliphatic rings. The minimum atomic E-state index is 1.07. The Hall–Kier alpha value is -2.35. The number of rotatable bonds is 0. The maximum absolute atomic E-state index is 4.65. The quantitative estimate of drug-likeness (QED) is 0.441. The monoisotopic (exact) mass is 218 g/mol. The first-order valence-corrected chi connectivity index (χ1v) is 5.67. The number of benzene rings is 1. The lowest BCUT2D eigenvalue weighted by molar-refractivity contribution is 1.16. The number of hydrogen-bond acceptors (Lipinski definition) is 1. The van der Waals surface area contributed by atoms with Crippen LogP contribution in [0.5, 0.6) is 0 Å². The van der Waals surface area contributed by atoms with Gasteiger partial charge < -0.3 is 4.40 Å². The van der Waals surface area contributed by atoms with Crippen molar-refractivity contribution in [3.05, 3.63) is 60.9 Å². The molecule has 0 N–H and O–H groups in total. The van der Waals surface area contributed by atoms with Crippen LogP contribution in [0.4, 0.5) is 0 Å². The molecule has 0 fully saturated rings. The number of nitrogens with zero attached hydrogens (tertiary/aromatic N) is 2. The van der Waals surface area contributed by atoms with Crippen LogP contribution in [-0.2, 0) is 0 Å². The minimum Gasteiger partial charge on any atom is -0.323 e. The molecule has 0 unspecified atom stereocenters. The van der Waals surface area contributed by atoms with Crippen LogP contribution >= 0.6 is 0 Å². The van der Waals surface area contributed by atoms with E-state index in [2.05, 4.69) is 52.1 Å². The SMILES string of the molecule is c1ccc2c3cn4ccccc4cc-3nc2c1. The van der Waals surface area contributed by atoms with Gasteiger partial charge in [0.15, 0.2) is 0 Å². The zero-order valence-corrected chi connectivity index (χ0v) is 9.17. The number of aromatic nitrogens is 2. The zero-order chi connectivity index (χ0) is 11.2. The van der Waals surface area contributed by atoms with E-state index in [1.165, 1.54) is 16.5 Å². The second-order valence-electron chi connectivity index (χ2n) is 4.23. The predicted octanol–water partition coefficient (Wildman–Crippen LogP) is 3.59. The molecule has 3 heterocycles. The van der Waals surface area contributed by atoms with E-state index in [1.807, 2.05) is 18.2 Å². The van der Waals surface area contributed by atoms with Gasteiger partial charge in [-0.1, -0.05) is 24.3 Å². The summed E-state index contributed by atoms with van der Waals surface area (Å²) in [5.41, 5.74) is 4.52. The molecule has 17 heavy (non-hydrogen) atoms. The van der Waals surface area contributed by atoms with Crippen LogP contribution in [0.25, 0.3) is 27.7 Å². The molecule has 80 valence electrons. The van der Waals surface area contributed by atoms with Crippen LogP contribution in [0.2, 0.25) is 0 Å². The van der Waals surface area contributed by atoms with Crippen LogP contribution in [0.1, 0.15) is 0 Å². The highest BCUT2D eigenvalue weighted by Crippen LogP contribution is 2.31. The summed E-state index contributed by atoms with van der Waals surface area (Å²) in [6.07, 6.45) is 4.22. The van der Waals surface area contributed by atoms with Gasteiger partial charge >= 0.3 is 0 Å². The van der Waals surface area contributed by atoms with Crippen LogP contribution in [0.15, 0.2) is 60.9 Å². The van der Waals surface area contributed by atoms with Gasteiger partial charge in [-0.2, -0.15) is 0 Å². The van der Waals surface area contributed by atoms with Gasteiger partial charge in [-0.25, -0.2) is 4.98 Å². The molecule has 2 aliphatic heterocycles. The molecule has 0 spiro atoms. The standard InChI is InChI=1S/C15H10N2/c1-2-7-14-12(6-1)13-10-17-8-4-3-5-11(17)9-15(13)16-14/h1-10H. The van der Waals surface area contributed by atoms with E-state index in [1.54, 1.807) is 0 Å². The normalized spacial score (nSPS) is 11.5. The Balaban J connectivity index is 2.25. The molecule has 0 amide bonds. The Labute approximate surface area is 98.5 Å². The number of hydrogen-bond donors (Lipinski definition) is 0. The summed E-state index contributed by atoms with van der Waals surface area (Å²) in [6.45, 7) is 0. The number of para-hydroxylation sites is 1. The van der Waals surface area contributed by atoms with E-state index in [-0.39, 0.29) is 0 Å². The fourth-order valence-electron chi connectivity index (χ4n) is 2.36. The summed E-state index contributed by atoms with van der Waals surface area (Å²) in [5.74, 6) is 0. The Morgan fingerprint density at radius 2 is 1.82 bits per heavy atom. The fourth-order valence-corrected chi connectivity index (χ4v) is 2.36. The van der Waals surface area contributed by atoms with E-state index >= 15 is 0 Å². The van der Waals surface area contributed by atoms with Crippen molar-refractivity contribution in [1.82, 2.24) is 9.38 Å². The average Bonchev–Trinajstić information content (AvgIpc) is 2.73. The van der Waals surface area contributed by atoms with Crippen molar-refractivity contribution in [3.8, 4) is 11.3 Å². The summed E-state index contributed by atoms with van der Waals surface area (Å²) < 4.78 is 2.14. The maximum Gasteiger partial charge on any atom is 0.0752 e. The van der Waals surface area contributed by atoms with Gasteiger partial charge in [0.2, 0.25) is 0 Å². The van der Waals surface area contributed by atoms with Gasteiger partial charge in [0.25, 0.3) is 0 Å². The molecular formula is C15H10N2. The zero-order valence-electron chi connectivity index (χ0n) is 9.17. The Kier molecular flexibility index (Phi) is 1.59. The topological polar surface area (TPSA) is 17.3 Å². The van der Waals surface area contributed by atoms with Crippen molar-refractivity contribution in [2.24, 2.45) is 0 Å². The summed E-state index contributed by atoms with van der Waals surface area (Å²) in [6, 6.07) is 16.6. The van der Waals surface area contributed by atoms with E-state index in [9.17, 15) is 0 Å². The molecule has 2 heteroatoms. The first kappa shape index (κ1) is 8.76. The molecule has 2 aromatic rings. The van der Waals surface area contributed by atoms with Gasteiger partial charge in [0, 0.05) is 28.9 Å². The van der Waals surface area contributed by atoms with Gasteiger partial charge in [-0.3, -0.25) is 0 Å². The number of pyridine rings is 2. The molecule has 1 aromatic heterocycles. The summed E-state index contributed by atoms with van der Waals surface area (Å²) in [7, 11) is 0. The smallest absolute Gasteiger partial charge is 0.0752 e. The van der Waals surface area contributed by atoms with Gasteiger partial charge in [-0.05, 0) is 24.3 Å². The van der Waals surface area contributed by atoms with Gasteiger partial charge in [0.1, 0.15) is 0 Å². The molecule has 0 atom stereocenters. The van der Waals surface area contributed by atoms with Crippen molar-refractivity contribution in [1.29, 1.82) is 0 Å². The Bertz CT molecular complexity index is 792. The van der Waals surface area contributed by atoms with Crippen molar-refractivity contribution in [2.45, 2.75) is 0 Å². The van der Waals surface area contributed by atoms with Gasteiger partial charge in [-0.15, -0.1) is 0 Å². The molecule has 0 bridgehead atoms. The van der Waals surface area contributed by atoms with Crippen LogP contribution in [0.3, 0.4) is 0 Å². The minimum absolute atomic E-state index is 1.07. The summed E-state index contributed by atoms with van der Waals surface area (Å²) in [4.78, 5) is 4.65. The van der Waals surface area contributed by atoms with Crippen LogP contribution in [-0.4, -0.2) is 9.38 Å². The third-order valence-electron chi connectivity index (χ3n) is 3.19. The van der Waals surface area contributed by atoms with Crippen LogP contribution in [0, 0.1) is 0 Å². The molecule has 2 nitrogen and oxygen atoms in total. The highest BCUT2D eigenvalue weighted by molar-refractivity contribution is 5.97. The van der Waals surface area contributed by atoms with Crippen molar-refractivity contribution in [2.75, 3.05) is 0 Å².